The molecule has 0 atom stereocenters. The van der Waals surface area contributed by atoms with E-state index in [0.29, 0.717) is 25.3 Å². The number of phenols is 1. The van der Waals surface area contributed by atoms with Gasteiger partial charge in [0.2, 0.25) is 5.91 Å². The Bertz CT molecular complexity index is 382. The van der Waals surface area contributed by atoms with Gasteiger partial charge in [-0.05, 0) is 24.6 Å². The molecule has 1 rings (SSSR count). The molecule has 0 aliphatic heterocycles. The van der Waals surface area contributed by atoms with Crippen molar-refractivity contribution in [3.8, 4) is 5.75 Å². The van der Waals surface area contributed by atoms with Crippen molar-refractivity contribution in [1.29, 1.82) is 0 Å². The Balaban J connectivity index is 2.37. The van der Waals surface area contributed by atoms with Gasteiger partial charge in [-0.15, -0.1) is 0 Å². The molecule has 0 unspecified atom stereocenters. The fourth-order valence-corrected chi connectivity index (χ4v) is 1.40. The Kier molecular flexibility index (Phi) is 5.80. The van der Waals surface area contributed by atoms with Gasteiger partial charge in [-0.3, -0.25) is 4.79 Å². The minimum Gasteiger partial charge on any atom is -0.506 e. The summed E-state index contributed by atoms with van der Waals surface area (Å²) in [6.07, 6.45) is 1.24. The molecule has 0 saturated carbocycles. The monoisotopic (exact) mass is 257 g/mol. The quantitative estimate of drug-likeness (QED) is 0.609. The van der Waals surface area contributed by atoms with Crippen LogP contribution < -0.4 is 5.32 Å². The number of halogens is 1. The molecule has 1 aromatic rings. The van der Waals surface area contributed by atoms with E-state index >= 15 is 0 Å². The molecule has 94 valence electrons. The molecule has 17 heavy (non-hydrogen) atoms. The summed E-state index contributed by atoms with van der Waals surface area (Å²) in [6.45, 7) is 3.09. The summed E-state index contributed by atoms with van der Waals surface area (Å²) in [7, 11) is 0. The molecule has 1 amide bonds. The number of hydrogen-bond donors (Lipinski definition) is 2. The van der Waals surface area contributed by atoms with Crippen LogP contribution >= 0.6 is 11.6 Å². The maximum Gasteiger partial charge on any atom is 0.226 e. The average Bonchev–Trinajstić information content (AvgIpc) is 2.30. The van der Waals surface area contributed by atoms with Crippen LogP contribution in [0.3, 0.4) is 0 Å². The molecule has 0 aromatic heterocycles. The average molecular weight is 258 g/mol. The van der Waals surface area contributed by atoms with Crippen LogP contribution in [-0.4, -0.2) is 24.2 Å². The van der Waals surface area contributed by atoms with Crippen molar-refractivity contribution in [2.45, 2.75) is 19.8 Å². The third-order valence-corrected chi connectivity index (χ3v) is 2.36. The number of aromatic hydroxyl groups is 1. The lowest BCUT2D eigenvalue weighted by Crippen LogP contribution is -2.14. The highest BCUT2D eigenvalue weighted by atomic mass is 35.5. The van der Waals surface area contributed by atoms with Crippen LogP contribution in [-0.2, 0) is 9.53 Å². The Labute approximate surface area is 106 Å². The molecule has 4 nitrogen and oxygen atoms in total. The summed E-state index contributed by atoms with van der Waals surface area (Å²) in [4.78, 5) is 11.5. The highest BCUT2D eigenvalue weighted by molar-refractivity contribution is 6.32. The molecule has 0 bridgehead atoms. The number of rotatable bonds is 6. The van der Waals surface area contributed by atoms with E-state index < -0.39 is 0 Å². The number of hydrogen-bond acceptors (Lipinski definition) is 3. The van der Waals surface area contributed by atoms with Crippen LogP contribution in [0.1, 0.15) is 19.8 Å². The van der Waals surface area contributed by atoms with Crippen LogP contribution in [0.5, 0.6) is 5.75 Å². The smallest absolute Gasteiger partial charge is 0.226 e. The molecule has 0 radical (unpaired) electrons. The van der Waals surface area contributed by atoms with E-state index in [1.54, 1.807) is 6.07 Å². The lowest BCUT2D eigenvalue weighted by Gasteiger charge is -2.06. The third kappa shape index (κ3) is 5.06. The lowest BCUT2D eigenvalue weighted by molar-refractivity contribution is -0.117. The van der Waals surface area contributed by atoms with Gasteiger partial charge in [0.05, 0.1) is 18.1 Å². The number of benzene rings is 1. The molecule has 0 heterocycles. The number of amides is 1. The highest BCUT2D eigenvalue weighted by Gasteiger charge is 2.04. The molecule has 0 aliphatic carbocycles. The number of carbonyl (C=O) groups is 1. The predicted molar refractivity (Wildman–Crippen MR) is 67.5 cm³/mol. The van der Waals surface area contributed by atoms with Gasteiger partial charge in [0, 0.05) is 12.3 Å². The van der Waals surface area contributed by atoms with Gasteiger partial charge in [0.15, 0.2) is 0 Å². The van der Waals surface area contributed by atoms with Crippen molar-refractivity contribution >= 4 is 23.2 Å². The first-order valence-corrected chi connectivity index (χ1v) is 5.87. The van der Waals surface area contributed by atoms with Crippen LogP contribution in [0.15, 0.2) is 18.2 Å². The molecule has 5 heteroatoms. The molecule has 0 aliphatic rings. The number of carbonyl (C=O) groups excluding carboxylic acids is 1. The van der Waals surface area contributed by atoms with Crippen LogP contribution in [0.2, 0.25) is 5.02 Å². The van der Waals surface area contributed by atoms with Crippen molar-refractivity contribution < 1.29 is 14.6 Å². The molecule has 1 aromatic carbocycles. The van der Waals surface area contributed by atoms with Gasteiger partial charge in [0.25, 0.3) is 0 Å². The van der Waals surface area contributed by atoms with Gasteiger partial charge in [-0.25, -0.2) is 0 Å². The Morgan fingerprint density at radius 1 is 1.47 bits per heavy atom. The number of phenolic OH excluding ortho intramolecular Hbond substituents is 1. The van der Waals surface area contributed by atoms with Crippen LogP contribution in [0, 0.1) is 0 Å². The standard InChI is InChI=1S/C12H16ClNO3/c1-2-6-17-7-5-12(16)14-9-3-4-11(15)10(13)8-9/h3-4,8,15H,2,5-7H2,1H3,(H,14,16). The highest BCUT2D eigenvalue weighted by Crippen LogP contribution is 2.25. The summed E-state index contributed by atoms with van der Waals surface area (Å²) >= 11 is 5.72. The molecule has 2 N–H and O–H groups in total. The summed E-state index contributed by atoms with van der Waals surface area (Å²) in [5.41, 5.74) is 0.563. The van der Waals surface area contributed by atoms with E-state index in [0.717, 1.165) is 6.42 Å². The number of ether oxygens (including phenoxy) is 1. The van der Waals surface area contributed by atoms with Gasteiger partial charge in [-0.1, -0.05) is 18.5 Å². The summed E-state index contributed by atoms with van der Waals surface area (Å²) < 4.78 is 5.21. The fourth-order valence-electron chi connectivity index (χ4n) is 1.22. The van der Waals surface area contributed by atoms with Crippen molar-refractivity contribution in [2.24, 2.45) is 0 Å². The first-order chi connectivity index (χ1) is 8.13. The van der Waals surface area contributed by atoms with E-state index in [1.807, 2.05) is 6.92 Å². The van der Waals surface area contributed by atoms with Gasteiger partial charge in [-0.2, -0.15) is 0 Å². The first-order valence-electron chi connectivity index (χ1n) is 5.49. The largest absolute Gasteiger partial charge is 0.506 e. The van der Waals surface area contributed by atoms with E-state index in [4.69, 9.17) is 16.3 Å². The Morgan fingerprint density at radius 3 is 2.88 bits per heavy atom. The summed E-state index contributed by atoms with van der Waals surface area (Å²) in [6, 6.07) is 4.53. The first kappa shape index (κ1) is 13.8. The second kappa shape index (κ2) is 7.14. The SMILES string of the molecule is CCCOCCC(=O)Nc1ccc(O)c(Cl)c1. The topological polar surface area (TPSA) is 58.6 Å². The number of nitrogens with one attached hydrogen (secondary N) is 1. The minimum absolute atomic E-state index is 0.00375. The van der Waals surface area contributed by atoms with Gasteiger partial charge >= 0.3 is 0 Å². The summed E-state index contributed by atoms with van der Waals surface area (Å²) in [5, 5.41) is 12.1. The molecule has 0 spiro atoms. The van der Waals surface area contributed by atoms with E-state index in [9.17, 15) is 9.90 Å². The van der Waals surface area contributed by atoms with Crippen molar-refractivity contribution in [3.05, 3.63) is 23.2 Å². The minimum atomic E-state index is -0.136. The zero-order chi connectivity index (χ0) is 12.7. The second-order valence-electron chi connectivity index (χ2n) is 3.58. The predicted octanol–water partition coefficient (Wildman–Crippen LogP) is 2.80. The zero-order valence-electron chi connectivity index (χ0n) is 9.70. The Morgan fingerprint density at radius 2 is 2.24 bits per heavy atom. The van der Waals surface area contributed by atoms with Gasteiger partial charge < -0.3 is 15.2 Å². The Hall–Kier alpha value is -1.26. The van der Waals surface area contributed by atoms with E-state index in [-0.39, 0.29) is 16.7 Å². The summed E-state index contributed by atoms with van der Waals surface area (Å²) in [5.74, 6) is -0.140. The fraction of sp³-hybridized carbons (Fsp3) is 0.417. The molecular formula is C12H16ClNO3. The maximum atomic E-state index is 11.5. The molecule has 0 saturated heterocycles. The van der Waals surface area contributed by atoms with E-state index in [2.05, 4.69) is 5.32 Å². The molecular weight excluding hydrogens is 242 g/mol. The van der Waals surface area contributed by atoms with Crippen molar-refractivity contribution in [1.82, 2.24) is 0 Å². The molecule has 0 fully saturated rings. The van der Waals surface area contributed by atoms with Gasteiger partial charge in [0.1, 0.15) is 5.75 Å². The van der Waals surface area contributed by atoms with Crippen molar-refractivity contribution in [2.75, 3.05) is 18.5 Å². The normalized spacial score (nSPS) is 10.2. The number of anilines is 1. The van der Waals surface area contributed by atoms with Crippen molar-refractivity contribution in [3.63, 3.8) is 0 Å². The van der Waals surface area contributed by atoms with Crippen LogP contribution in [0.4, 0.5) is 5.69 Å². The zero-order valence-corrected chi connectivity index (χ0v) is 10.5. The lowest BCUT2D eigenvalue weighted by atomic mass is 10.3. The van der Waals surface area contributed by atoms with Crippen LogP contribution in [0.25, 0.3) is 0 Å². The second-order valence-corrected chi connectivity index (χ2v) is 3.98. The third-order valence-electron chi connectivity index (χ3n) is 2.05. The maximum absolute atomic E-state index is 11.5. The van der Waals surface area contributed by atoms with E-state index in [1.165, 1.54) is 12.1 Å².